The van der Waals surface area contributed by atoms with E-state index in [1.807, 2.05) is 18.2 Å². The summed E-state index contributed by atoms with van der Waals surface area (Å²) in [6.07, 6.45) is 25.8. The van der Waals surface area contributed by atoms with Crippen molar-refractivity contribution in [1.29, 1.82) is 0 Å². The van der Waals surface area contributed by atoms with E-state index >= 15 is 0 Å². The molecule has 0 aliphatic carbocycles. The van der Waals surface area contributed by atoms with Crippen molar-refractivity contribution in [2.24, 2.45) is 0 Å². The summed E-state index contributed by atoms with van der Waals surface area (Å²) in [6.45, 7) is 21.3. The number of aryl methyl sites for hydroxylation is 2. The molecule has 0 saturated carbocycles. The molecule has 0 heterocycles. The molecular weight excluding hydrogens is 515 g/mol. The number of benzene rings is 3. The lowest BCUT2D eigenvalue weighted by atomic mass is 9.36. The van der Waals surface area contributed by atoms with Crippen LogP contribution >= 0.6 is 0 Å². The van der Waals surface area contributed by atoms with Crippen LogP contribution in [0.4, 0.5) is 0 Å². The van der Waals surface area contributed by atoms with Crippen LogP contribution in [0.2, 0.25) is 6.32 Å². The Morgan fingerprint density at radius 2 is 1.63 bits per heavy atom. The molecule has 0 N–H and O–H groups in total. The first-order valence-electron chi connectivity index (χ1n) is 15.7. The first-order valence-corrected chi connectivity index (χ1v) is 15.7. The molecule has 1 heteroatoms. The summed E-state index contributed by atoms with van der Waals surface area (Å²) < 4.78 is 0. The second kappa shape index (κ2) is 17.1. The van der Waals surface area contributed by atoms with Crippen LogP contribution in [-0.2, 0) is 0 Å². The molecule has 3 aromatic carbocycles. The van der Waals surface area contributed by atoms with Gasteiger partial charge in [0.2, 0.25) is 6.71 Å². The van der Waals surface area contributed by atoms with Crippen LogP contribution in [-0.4, -0.2) is 6.71 Å². The van der Waals surface area contributed by atoms with E-state index in [2.05, 4.69) is 152 Å². The molecule has 0 fully saturated rings. The zero-order valence-corrected chi connectivity index (χ0v) is 27.3. The third-order valence-electron chi connectivity index (χ3n) is 7.90. The van der Waals surface area contributed by atoms with Gasteiger partial charge in [0.25, 0.3) is 0 Å². The minimum absolute atomic E-state index is 0.210. The number of rotatable bonds is 14. The van der Waals surface area contributed by atoms with Crippen LogP contribution in [0.5, 0.6) is 0 Å². The molecule has 0 amide bonds. The van der Waals surface area contributed by atoms with Gasteiger partial charge >= 0.3 is 0 Å². The molecule has 0 atom stereocenters. The molecule has 43 heavy (non-hydrogen) atoms. The van der Waals surface area contributed by atoms with Crippen molar-refractivity contribution in [2.75, 3.05) is 0 Å². The van der Waals surface area contributed by atoms with Crippen molar-refractivity contribution in [3.8, 4) is 0 Å². The van der Waals surface area contributed by atoms with E-state index in [0.29, 0.717) is 0 Å². The molecule has 0 bridgehead atoms. The predicted octanol–water partition coefficient (Wildman–Crippen LogP) is 11.0. The first kappa shape index (κ1) is 33.4. The standard InChI is InChI=1S/C42H49B/c1-9-12-21-37(28-26-32(4)5)35(8)31-36(18-11-3)20-17-30-43(41-33(6)19-16-24-39(41)22-13-10-2)42-34(7)27-29-38-23-14-15-25-40(38)42/h9-10,13-20,22-29,31H,1-2,11-12,21,30H2,3-8H3/b20-17-,22-13-,35-31+,36-18+,37-28-. The Morgan fingerprint density at radius 3 is 2.35 bits per heavy atom. The summed E-state index contributed by atoms with van der Waals surface area (Å²) in [6, 6.07) is 20.0. The molecule has 0 aliphatic rings. The Bertz CT molecular complexity index is 1600. The van der Waals surface area contributed by atoms with Gasteiger partial charge in [0.15, 0.2) is 0 Å². The highest BCUT2D eigenvalue weighted by atomic mass is 14.1. The van der Waals surface area contributed by atoms with Gasteiger partial charge in [0, 0.05) is 0 Å². The van der Waals surface area contributed by atoms with Crippen molar-refractivity contribution < 1.29 is 0 Å². The van der Waals surface area contributed by atoms with Gasteiger partial charge in [-0.25, -0.2) is 0 Å². The fourth-order valence-electron chi connectivity index (χ4n) is 5.77. The van der Waals surface area contributed by atoms with E-state index in [9.17, 15) is 0 Å². The average molecular weight is 565 g/mol. The summed E-state index contributed by atoms with van der Waals surface area (Å²) in [4.78, 5) is 0. The lowest BCUT2D eigenvalue weighted by Gasteiger charge is -2.22. The van der Waals surface area contributed by atoms with Crippen LogP contribution in [0.1, 0.15) is 63.6 Å². The number of allylic oxidation sites excluding steroid dienone is 13. The van der Waals surface area contributed by atoms with Crippen molar-refractivity contribution >= 4 is 34.5 Å². The molecule has 0 saturated heterocycles. The fraction of sp³-hybridized carbons (Fsp3) is 0.238. The minimum atomic E-state index is 0.210. The summed E-state index contributed by atoms with van der Waals surface area (Å²) in [5.74, 6) is 0. The third-order valence-corrected chi connectivity index (χ3v) is 7.90. The average Bonchev–Trinajstić information content (AvgIpc) is 2.99. The van der Waals surface area contributed by atoms with Gasteiger partial charge in [-0.1, -0.05) is 156 Å². The lowest BCUT2D eigenvalue weighted by molar-refractivity contribution is 0.985. The molecular formula is C42H49B. The normalized spacial score (nSPS) is 12.7. The second-order valence-corrected chi connectivity index (χ2v) is 11.6. The maximum absolute atomic E-state index is 3.94. The zero-order valence-electron chi connectivity index (χ0n) is 27.3. The Balaban J connectivity index is 2.12. The van der Waals surface area contributed by atoms with Crippen molar-refractivity contribution in [1.82, 2.24) is 0 Å². The maximum atomic E-state index is 3.94. The van der Waals surface area contributed by atoms with Gasteiger partial charge in [-0.3, -0.25) is 0 Å². The van der Waals surface area contributed by atoms with Crippen LogP contribution in [0, 0.1) is 13.8 Å². The zero-order chi connectivity index (χ0) is 31.2. The summed E-state index contributed by atoms with van der Waals surface area (Å²) >= 11 is 0. The molecule has 0 nitrogen and oxygen atoms in total. The highest BCUT2D eigenvalue weighted by Crippen LogP contribution is 2.21. The fourth-order valence-corrected chi connectivity index (χ4v) is 5.77. The van der Waals surface area contributed by atoms with E-state index < -0.39 is 0 Å². The lowest BCUT2D eigenvalue weighted by Crippen LogP contribution is -2.46. The van der Waals surface area contributed by atoms with E-state index in [0.717, 1.165) is 25.6 Å². The minimum Gasteiger partial charge on any atom is -0.103 e. The van der Waals surface area contributed by atoms with E-state index in [1.165, 1.54) is 60.7 Å². The van der Waals surface area contributed by atoms with E-state index in [-0.39, 0.29) is 6.71 Å². The van der Waals surface area contributed by atoms with Gasteiger partial charge in [-0.15, -0.1) is 6.58 Å². The van der Waals surface area contributed by atoms with Gasteiger partial charge < -0.3 is 0 Å². The Labute approximate surface area is 262 Å². The molecule has 3 aromatic rings. The SMILES string of the molecule is C=C/C=C\c1cccc(C)c1B(C\C=C/C(=C\CC)/C=C(C)/C(=C\C=C(C)C)CCC=C)c1c(C)ccc2ccccc12. The molecule has 0 radical (unpaired) electrons. The third kappa shape index (κ3) is 9.45. The van der Waals surface area contributed by atoms with Gasteiger partial charge in [-0.2, -0.15) is 0 Å². The highest BCUT2D eigenvalue weighted by molar-refractivity contribution is 6.88. The topological polar surface area (TPSA) is 0 Å². The molecule has 0 aliphatic heterocycles. The van der Waals surface area contributed by atoms with Gasteiger partial charge in [0.1, 0.15) is 0 Å². The summed E-state index contributed by atoms with van der Waals surface area (Å²) in [5.41, 5.74) is 11.9. The van der Waals surface area contributed by atoms with E-state index in [1.54, 1.807) is 0 Å². The van der Waals surface area contributed by atoms with Crippen LogP contribution in [0.15, 0.2) is 145 Å². The highest BCUT2D eigenvalue weighted by Gasteiger charge is 2.25. The van der Waals surface area contributed by atoms with Crippen molar-refractivity contribution in [3.05, 3.63) is 161 Å². The molecule has 0 aromatic heterocycles. The van der Waals surface area contributed by atoms with Crippen LogP contribution in [0.3, 0.4) is 0 Å². The van der Waals surface area contributed by atoms with Gasteiger partial charge in [-0.05, 0) is 93.3 Å². The van der Waals surface area contributed by atoms with Crippen LogP contribution in [0.25, 0.3) is 16.8 Å². The quantitative estimate of drug-likeness (QED) is 0.104. The number of fused-ring (bicyclic) bond motifs is 1. The van der Waals surface area contributed by atoms with E-state index in [4.69, 9.17) is 0 Å². The Morgan fingerprint density at radius 1 is 0.860 bits per heavy atom. The molecule has 0 spiro atoms. The molecule has 220 valence electrons. The van der Waals surface area contributed by atoms with Crippen molar-refractivity contribution in [2.45, 2.75) is 67.1 Å². The Hall–Kier alpha value is -4.10. The predicted molar refractivity (Wildman–Crippen MR) is 197 cm³/mol. The monoisotopic (exact) mass is 564 g/mol. The van der Waals surface area contributed by atoms with Gasteiger partial charge in [0.05, 0.1) is 0 Å². The van der Waals surface area contributed by atoms with Crippen LogP contribution < -0.4 is 10.9 Å². The Kier molecular flexibility index (Phi) is 13.3. The number of hydrogen-bond donors (Lipinski definition) is 0. The summed E-state index contributed by atoms with van der Waals surface area (Å²) in [5, 5.41) is 2.62. The second-order valence-electron chi connectivity index (χ2n) is 11.6. The summed E-state index contributed by atoms with van der Waals surface area (Å²) in [7, 11) is 0. The number of hydrogen-bond acceptors (Lipinski definition) is 0. The molecule has 3 rings (SSSR count). The smallest absolute Gasteiger partial charge is 0.103 e. The largest absolute Gasteiger partial charge is 0.215 e. The van der Waals surface area contributed by atoms with Crippen molar-refractivity contribution in [3.63, 3.8) is 0 Å². The first-order chi connectivity index (χ1) is 20.8. The maximum Gasteiger partial charge on any atom is 0.215 e. The molecule has 0 unspecified atom stereocenters.